The summed E-state index contributed by atoms with van der Waals surface area (Å²) in [6.45, 7) is 2.01. The van der Waals surface area contributed by atoms with Crippen molar-refractivity contribution in [3.8, 4) is 11.5 Å². The van der Waals surface area contributed by atoms with Gasteiger partial charge in [0.2, 0.25) is 0 Å². The number of hydrogen-bond acceptors (Lipinski definition) is 7. The molecular formula is C32H43N3O5. The van der Waals surface area contributed by atoms with Crippen molar-refractivity contribution in [2.75, 3.05) is 19.5 Å². The molecule has 3 rings (SSSR count). The fourth-order valence-corrected chi connectivity index (χ4v) is 5.26. The van der Waals surface area contributed by atoms with E-state index in [0.29, 0.717) is 30.6 Å². The van der Waals surface area contributed by atoms with Gasteiger partial charge in [0.1, 0.15) is 17.4 Å². The monoisotopic (exact) mass is 549 g/mol. The second-order valence-electron chi connectivity index (χ2n) is 10.5. The third kappa shape index (κ3) is 8.95. The van der Waals surface area contributed by atoms with Gasteiger partial charge in [-0.3, -0.25) is 9.59 Å². The lowest BCUT2D eigenvalue weighted by Gasteiger charge is -2.28. The van der Waals surface area contributed by atoms with E-state index in [2.05, 4.69) is 16.9 Å². The molecule has 2 aromatic heterocycles. The van der Waals surface area contributed by atoms with Crippen LogP contribution in [0.1, 0.15) is 86.6 Å². The normalized spacial score (nSPS) is 12.7. The van der Waals surface area contributed by atoms with Crippen LogP contribution in [-0.2, 0) is 22.4 Å². The Labute approximate surface area is 237 Å². The molecule has 0 aliphatic rings. The quantitative estimate of drug-likeness (QED) is 0.121. The number of benzene rings is 1. The Kier molecular flexibility index (Phi) is 12.2. The lowest BCUT2D eigenvalue weighted by molar-refractivity contribution is -0.127. The molecule has 0 radical (unpaired) electrons. The van der Waals surface area contributed by atoms with Crippen LogP contribution in [0.4, 0.5) is 5.82 Å². The van der Waals surface area contributed by atoms with Gasteiger partial charge >= 0.3 is 0 Å². The van der Waals surface area contributed by atoms with Crippen molar-refractivity contribution in [2.45, 2.75) is 77.0 Å². The van der Waals surface area contributed by atoms with Crippen molar-refractivity contribution in [3.63, 3.8) is 0 Å². The topological polar surface area (TPSA) is 139 Å². The molecule has 0 amide bonds. The number of aryl methyl sites for hydroxylation is 1. The molecule has 0 bridgehead atoms. The number of carbonyl (C=O) groups is 2. The van der Waals surface area contributed by atoms with Crippen LogP contribution >= 0.6 is 0 Å². The van der Waals surface area contributed by atoms with Crippen LogP contribution in [0, 0.1) is 5.92 Å². The summed E-state index contributed by atoms with van der Waals surface area (Å²) in [4.78, 5) is 32.2. The number of rotatable bonds is 18. The molecule has 2 atom stereocenters. The number of aliphatic hydroxyl groups is 1. The molecule has 0 spiro atoms. The lowest BCUT2D eigenvalue weighted by Crippen LogP contribution is -2.22. The number of Topliss-reactive ketones (excluding diaryl/α,β-unsaturated/α-hetero) is 2. The highest BCUT2D eigenvalue weighted by Crippen LogP contribution is 2.43. The van der Waals surface area contributed by atoms with Crippen LogP contribution in [-0.4, -0.2) is 45.5 Å². The van der Waals surface area contributed by atoms with Gasteiger partial charge in [-0.1, -0.05) is 38.7 Å². The summed E-state index contributed by atoms with van der Waals surface area (Å²) in [5.74, 6) is -0.239. The first-order chi connectivity index (χ1) is 19.4. The number of aliphatic hydroxyl groups excluding tert-OH is 1. The number of methoxy groups -OCH3 is 1. The molecule has 2 unspecified atom stereocenters. The predicted octanol–water partition coefficient (Wildman–Crippen LogP) is 5.51. The molecule has 3 aromatic rings. The molecule has 8 heteroatoms. The van der Waals surface area contributed by atoms with Gasteiger partial charge in [0, 0.05) is 49.0 Å². The second kappa shape index (κ2) is 15.8. The first-order valence-electron chi connectivity index (χ1n) is 14.2. The third-order valence-electron chi connectivity index (χ3n) is 7.38. The van der Waals surface area contributed by atoms with Crippen molar-refractivity contribution in [1.29, 1.82) is 0 Å². The Hall–Kier alpha value is -3.65. The maximum atomic E-state index is 12.6. The summed E-state index contributed by atoms with van der Waals surface area (Å²) < 4.78 is 5.50. The average Bonchev–Trinajstić information content (AvgIpc) is 3.46. The maximum Gasteiger partial charge on any atom is 0.161 e. The van der Waals surface area contributed by atoms with E-state index in [4.69, 9.17) is 10.5 Å². The van der Waals surface area contributed by atoms with E-state index in [0.717, 1.165) is 42.5 Å². The fourth-order valence-electron chi connectivity index (χ4n) is 5.26. The number of anilines is 1. The van der Waals surface area contributed by atoms with Gasteiger partial charge < -0.3 is 25.7 Å². The molecule has 216 valence electrons. The van der Waals surface area contributed by atoms with E-state index >= 15 is 0 Å². The van der Waals surface area contributed by atoms with Gasteiger partial charge in [-0.25, -0.2) is 4.98 Å². The van der Waals surface area contributed by atoms with Crippen molar-refractivity contribution in [1.82, 2.24) is 9.97 Å². The first-order valence-corrected chi connectivity index (χ1v) is 14.2. The van der Waals surface area contributed by atoms with E-state index in [1.807, 2.05) is 30.5 Å². The molecule has 0 saturated heterocycles. The number of aromatic amines is 1. The summed E-state index contributed by atoms with van der Waals surface area (Å²) in [5, 5.41) is 21.7. The summed E-state index contributed by atoms with van der Waals surface area (Å²) in [7, 11) is 1.48. The van der Waals surface area contributed by atoms with Gasteiger partial charge in [0.25, 0.3) is 0 Å². The highest BCUT2D eigenvalue weighted by molar-refractivity contribution is 5.99. The molecule has 8 nitrogen and oxygen atoms in total. The zero-order valence-electron chi connectivity index (χ0n) is 23.7. The van der Waals surface area contributed by atoms with Gasteiger partial charge in [-0.15, -0.1) is 0 Å². The number of nitrogens with zero attached hydrogens (tertiary/aromatic N) is 1. The number of nitrogens with one attached hydrogen (secondary N) is 1. The smallest absolute Gasteiger partial charge is 0.161 e. The van der Waals surface area contributed by atoms with Crippen LogP contribution in [0.15, 0.2) is 48.8 Å². The van der Waals surface area contributed by atoms with Crippen molar-refractivity contribution >= 4 is 17.4 Å². The first kappa shape index (κ1) is 30.9. The molecule has 5 N–H and O–H groups in total. The van der Waals surface area contributed by atoms with Crippen LogP contribution in [0.3, 0.4) is 0 Å². The largest absolute Gasteiger partial charge is 0.504 e. The number of phenolic OH excluding ortho intramolecular Hbond substituents is 1. The summed E-state index contributed by atoms with van der Waals surface area (Å²) in [5.41, 5.74) is 9.14. The van der Waals surface area contributed by atoms with Gasteiger partial charge in [0.15, 0.2) is 11.5 Å². The number of carbonyl (C=O) groups excluding carboxylic acids is 2. The lowest BCUT2D eigenvalue weighted by atomic mass is 9.78. The number of nitrogens with two attached hydrogens (primary N) is 1. The number of aromatic hydroxyl groups is 1. The number of phenols is 1. The number of aromatic nitrogens is 2. The standard InChI is InChI=1S/C32H43N3O5/c1-3-4-5-6-7-10-26(37)20-27(38)12-11-22-16-28(32(39)29(17-22)40-2)31(23-13-15-35-30(33)19-23)24(21-36)18-25-9-8-14-34-25/h8-9,13-17,19,24,31,34,36,39H,3-7,10-12,18,20-21H2,1-2H3,(H2,33,35). The SMILES string of the molecule is CCCCCCCC(=O)CC(=O)CCc1cc(OC)c(O)c(C(c2ccnc(N)c2)C(CO)Cc2ccc[nH]2)c1. The number of pyridine rings is 1. The zero-order chi connectivity index (χ0) is 28.9. The number of H-pyrrole nitrogens is 1. The van der Waals surface area contributed by atoms with E-state index < -0.39 is 5.92 Å². The maximum absolute atomic E-state index is 12.6. The zero-order valence-corrected chi connectivity index (χ0v) is 23.7. The van der Waals surface area contributed by atoms with E-state index in [1.165, 1.54) is 13.5 Å². The van der Waals surface area contributed by atoms with Crippen LogP contribution in [0.5, 0.6) is 11.5 Å². The third-order valence-corrected chi connectivity index (χ3v) is 7.38. The summed E-state index contributed by atoms with van der Waals surface area (Å²) in [6, 6.07) is 11.0. The number of ketones is 2. The molecule has 40 heavy (non-hydrogen) atoms. The molecule has 0 aliphatic carbocycles. The highest BCUT2D eigenvalue weighted by Gasteiger charge is 2.30. The Morgan fingerprint density at radius 1 is 1.07 bits per heavy atom. The fraction of sp³-hybridized carbons (Fsp3) is 0.469. The average molecular weight is 550 g/mol. The summed E-state index contributed by atoms with van der Waals surface area (Å²) >= 11 is 0. The summed E-state index contributed by atoms with van der Waals surface area (Å²) in [6.07, 6.45) is 10.3. The van der Waals surface area contributed by atoms with Gasteiger partial charge in [-0.05, 0) is 66.6 Å². The Bertz CT molecular complexity index is 1230. The van der Waals surface area contributed by atoms with Gasteiger partial charge in [-0.2, -0.15) is 0 Å². The molecule has 2 heterocycles. The minimum atomic E-state index is -0.433. The molecular weight excluding hydrogens is 506 g/mol. The molecule has 1 aromatic carbocycles. The molecule has 0 aliphatic heterocycles. The van der Waals surface area contributed by atoms with Gasteiger partial charge in [0.05, 0.1) is 13.5 Å². The van der Waals surface area contributed by atoms with Crippen LogP contribution < -0.4 is 10.5 Å². The molecule has 0 saturated carbocycles. The predicted molar refractivity (Wildman–Crippen MR) is 157 cm³/mol. The minimum absolute atomic E-state index is 0.00378. The minimum Gasteiger partial charge on any atom is -0.504 e. The highest BCUT2D eigenvalue weighted by atomic mass is 16.5. The van der Waals surface area contributed by atoms with Crippen molar-refractivity contribution in [2.24, 2.45) is 5.92 Å². The number of nitrogen functional groups attached to an aromatic ring is 1. The Balaban J connectivity index is 1.82. The van der Waals surface area contributed by atoms with E-state index in [1.54, 1.807) is 18.3 Å². The van der Waals surface area contributed by atoms with Crippen LogP contribution in [0.25, 0.3) is 0 Å². The second-order valence-corrected chi connectivity index (χ2v) is 10.5. The van der Waals surface area contributed by atoms with Crippen LogP contribution in [0.2, 0.25) is 0 Å². The Morgan fingerprint density at radius 2 is 1.85 bits per heavy atom. The number of hydrogen-bond donors (Lipinski definition) is 4. The van der Waals surface area contributed by atoms with E-state index in [9.17, 15) is 19.8 Å². The number of unbranched alkanes of at least 4 members (excludes halogenated alkanes) is 4. The molecule has 0 fully saturated rings. The Morgan fingerprint density at radius 3 is 2.52 bits per heavy atom. The van der Waals surface area contributed by atoms with Crippen molar-refractivity contribution in [3.05, 3.63) is 71.2 Å². The van der Waals surface area contributed by atoms with E-state index in [-0.39, 0.29) is 48.4 Å². The van der Waals surface area contributed by atoms with Crippen molar-refractivity contribution < 1.29 is 24.5 Å². The number of ether oxygens (including phenoxy) is 1.